The van der Waals surface area contributed by atoms with Crippen LogP contribution in [0, 0.1) is 25.2 Å². The lowest BCUT2D eigenvalue weighted by atomic mass is 10.1. The molecule has 33 heavy (non-hydrogen) atoms. The summed E-state index contributed by atoms with van der Waals surface area (Å²) >= 11 is 1.56. The number of aromatic nitrogens is 2. The third-order valence-electron chi connectivity index (χ3n) is 5.72. The van der Waals surface area contributed by atoms with Crippen LogP contribution in [0.25, 0.3) is 0 Å². The molecular weight excluding hydrogens is 430 g/mol. The molecule has 168 valence electrons. The van der Waals surface area contributed by atoms with E-state index in [-0.39, 0.29) is 5.91 Å². The first-order chi connectivity index (χ1) is 16.0. The lowest BCUT2D eigenvalue weighted by Crippen LogP contribution is -2.48. The predicted molar refractivity (Wildman–Crippen MR) is 130 cm³/mol. The van der Waals surface area contributed by atoms with Crippen molar-refractivity contribution in [1.29, 1.82) is 5.26 Å². The van der Waals surface area contributed by atoms with Gasteiger partial charge in [0, 0.05) is 55.4 Å². The van der Waals surface area contributed by atoms with Gasteiger partial charge in [-0.3, -0.25) is 9.69 Å². The topological polar surface area (TPSA) is 73.1 Å². The van der Waals surface area contributed by atoms with Crippen LogP contribution >= 0.6 is 11.8 Å². The molecule has 0 spiro atoms. The molecule has 4 rings (SSSR count). The van der Waals surface area contributed by atoms with E-state index in [4.69, 9.17) is 5.26 Å². The first-order valence-electron chi connectivity index (χ1n) is 11.1. The summed E-state index contributed by atoms with van der Waals surface area (Å²) in [4.78, 5) is 26.6. The van der Waals surface area contributed by atoms with Gasteiger partial charge in [-0.1, -0.05) is 42.1 Å². The summed E-state index contributed by atoms with van der Waals surface area (Å²) in [7, 11) is 0. The largest absolute Gasteiger partial charge is 0.336 e. The molecule has 0 N–H and O–H groups in total. The number of nitrogens with zero attached hydrogens (tertiary/aromatic N) is 5. The highest BCUT2D eigenvalue weighted by molar-refractivity contribution is 7.98. The fraction of sp³-hybridized carbons (Fsp3) is 0.308. The minimum Gasteiger partial charge on any atom is -0.336 e. The van der Waals surface area contributed by atoms with Gasteiger partial charge in [-0.2, -0.15) is 5.26 Å². The Morgan fingerprint density at radius 2 is 1.67 bits per heavy atom. The van der Waals surface area contributed by atoms with E-state index in [1.54, 1.807) is 11.8 Å². The SMILES string of the molecule is Cc1cc(C)nc(SCc2ccccc2C(=O)N2CCN(Cc3ccc(C#N)cc3)CC2)n1. The Balaban J connectivity index is 1.36. The van der Waals surface area contributed by atoms with Crippen molar-refractivity contribution in [2.45, 2.75) is 31.3 Å². The average Bonchev–Trinajstić information content (AvgIpc) is 2.83. The summed E-state index contributed by atoms with van der Waals surface area (Å²) in [5, 5.41) is 9.69. The van der Waals surface area contributed by atoms with Crippen LogP contribution in [0.15, 0.2) is 59.8 Å². The van der Waals surface area contributed by atoms with Crippen LogP contribution in [-0.4, -0.2) is 51.9 Å². The summed E-state index contributed by atoms with van der Waals surface area (Å²) in [6.07, 6.45) is 0. The van der Waals surface area contributed by atoms with Gasteiger partial charge in [0.15, 0.2) is 5.16 Å². The molecule has 6 nitrogen and oxygen atoms in total. The number of nitriles is 1. The Morgan fingerprint density at radius 1 is 1.00 bits per heavy atom. The number of carbonyl (C=O) groups is 1. The van der Waals surface area contributed by atoms with Crippen molar-refractivity contribution in [2.75, 3.05) is 26.2 Å². The van der Waals surface area contributed by atoms with Crippen LogP contribution < -0.4 is 0 Å². The molecule has 0 aliphatic carbocycles. The maximum atomic E-state index is 13.3. The summed E-state index contributed by atoms with van der Waals surface area (Å²) in [6.45, 7) is 7.84. The lowest BCUT2D eigenvalue weighted by Gasteiger charge is -2.35. The Kier molecular flexibility index (Phi) is 7.38. The molecule has 2 heterocycles. The van der Waals surface area contributed by atoms with Crippen LogP contribution in [0.1, 0.15) is 38.4 Å². The highest BCUT2D eigenvalue weighted by Gasteiger charge is 2.23. The Hall–Kier alpha value is -3.21. The number of rotatable bonds is 6. The molecule has 0 radical (unpaired) electrons. The van der Waals surface area contributed by atoms with Crippen molar-refractivity contribution >= 4 is 17.7 Å². The maximum Gasteiger partial charge on any atom is 0.254 e. The number of aryl methyl sites for hydroxylation is 2. The summed E-state index contributed by atoms with van der Waals surface area (Å²) in [6, 6.07) is 19.7. The van der Waals surface area contributed by atoms with Gasteiger partial charge in [0.05, 0.1) is 11.6 Å². The second-order valence-corrected chi connectivity index (χ2v) is 9.20. The molecule has 0 saturated carbocycles. The summed E-state index contributed by atoms with van der Waals surface area (Å²) in [5.41, 5.74) is 5.53. The number of carbonyl (C=O) groups excluding carboxylic acids is 1. The van der Waals surface area contributed by atoms with E-state index in [2.05, 4.69) is 20.9 Å². The fourth-order valence-corrected chi connectivity index (χ4v) is 4.93. The van der Waals surface area contributed by atoms with Gasteiger partial charge >= 0.3 is 0 Å². The number of hydrogen-bond acceptors (Lipinski definition) is 6. The van der Waals surface area contributed by atoms with Gasteiger partial charge in [0.2, 0.25) is 0 Å². The number of thioether (sulfide) groups is 1. The van der Waals surface area contributed by atoms with Crippen molar-refractivity contribution in [1.82, 2.24) is 19.8 Å². The van der Waals surface area contributed by atoms with Gasteiger partial charge in [0.1, 0.15) is 0 Å². The zero-order chi connectivity index (χ0) is 23.2. The van der Waals surface area contributed by atoms with Gasteiger partial charge in [-0.25, -0.2) is 9.97 Å². The molecule has 0 atom stereocenters. The number of amides is 1. The average molecular weight is 458 g/mol. The fourth-order valence-electron chi connectivity index (χ4n) is 3.98. The third-order valence-corrected chi connectivity index (χ3v) is 6.61. The highest BCUT2D eigenvalue weighted by Crippen LogP contribution is 2.23. The van der Waals surface area contributed by atoms with E-state index >= 15 is 0 Å². The molecule has 3 aromatic rings. The zero-order valence-electron chi connectivity index (χ0n) is 19.0. The van der Waals surface area contributed by atoms with E-state index in [1.165, 1.54) is 5.56 Å². The van der Waals surface area contributed by atoms with E-state index < -0.39 is 0 Å². The smallest absolute Gasteiger partial charge is 0.254 e. The Morgan fingerprint density at radius 3 is 2.33 bits per heavy atom. The van der Waals surface area contributed by atoms with E-state index in [0.29, 0.717) is 24.4 Å². The second-order valence-electron chi connectivity index (χ2n) is 8.26. The Labute approximate surface area is 199 Å². The van der Waals surface area contributed by atoms with Crippen LogP contribution in [0.4, 0.5) is 0 Å². The maximum absolute atomic E-state index is 13.3. The van der Waals surface area contributed by atoms with Crippen molar-refractivity contribution in [3.05, 3.63) is 88.2 Å². The molecule has 1 fully saturated rings. The van der Waals surface area contributed by atoms with Gasteiger partial charge in [-0.05, 0) is 49.2 Å². The van der Waals surface area contributed by atoms with Crippen LogP contribution in [0.2, 0.25) is 0 Å². The van der Waals surface area contributed by atoms with E-state index in [1.807, 2.05) is 73.3 Å². The van der Waals surface area contributed by atoms with Gasteiger partial charge in [-0.15, -0.1) is 0 Å². The molecule has 1 aliphatic heterocycles. The van der Waals surface area contributed by atoms with Crippen molar-refractivity contribution in [3.63, 3.8) is 0 Å². The summed E-state index contributed by atoms with van der Waals surface area (Å²) in [5.74, 6) is 0.745. The molecule has 1 aliphatic rings. The normalized spacial score (nSPS) is 14.2. The standard InChI is InChI=1S/C26H27N5OS/c1-19-15-20(2)29-26(28-19)33-18-23-5-3-4-6-24(23)25(32)31-13-11-30(12-14-31)17-22-9-7-21(16-27)8-10-22/h3-10,15H,11-14,17-18H2,1-2H3. The second kappa shape index (κ2) is 10.6. The van der Waals surface area contributed by atoms with Crippen LogP contribution in [0.3, 0.4) is 0 Å². The van der Waals surface area contributed by atoms with Crippen molar-refractivity contribution < 1.29 is 4.79 Å². The molecule has 0 bridgehead atoms. The minimum atomic E-state index is 0.0885. The molecule has 1 amide bonds. The lowest BCUT2D eigenvalue weighted by molar-refractivity contribution is 0.0627. The van der Waals surface area contributed by atoms with Crippen LogP contribution in [0.5, 0.6) is 0 Å². The number of benzene rings is 2. The van der Waals surface area contributed by atoms with Crippen molar-refractivity contribution in [2.24, 2.45) is 0 Å². The van der Waals surface area contributed by atoms with Crippen LogP contribution in [-0.2, 0) is 12.3 Å². The third kappa shape index (κ3) is 5.98. The van der Waals surface area contributed by atoms with E-state index in [0.717, 1.165) is 47.3 Å². The van der Waals surface area contributed by atoms with Gasteiger partial charge < -0.3 is 4.90 Å². The predicted octanol–water partition coefficient (Wildman–Crippen LogP) is 4.22. The molecule has 1 saturated heterocycles. The highest BCUT2D eigenvalue weighted by atomic mass is 32.2. The molecule has 7 heteroatoms. The first-order valence-corrected chi connectivity index (χ1v) is 12.0. The minimum absolute atomic E-state index is 0.0885. The zero-order valence-corrected chi connectivity index (χ0v) is 19.8. The molecule has 2 aromatic carbocycles. The summed E-state index contributed by atoms with van der Waals surface area (Å²) < 4.78 is 0. The molecular formula is C26H27N5OS. The molecule has 1 aromatic heterocycles. The number of hydrogen-bond donors (Lipinski definition) is 0. The quantitative estimate of drug-likeness (QED) is 0.408. The van der Waals surface area contributed by atoms with E-state index in [9.17, 15) is 4.79 Å². The number of piperazine rings is 1. The first kappa shape index (κ1) is 23.0. The monoisotopic (exact) mass is 457 g/mol. The van der Waals surface area contributed by atoms with Crippen molar-refractivity contribution in [3.8, 4) is 6.07 Å². The molecule has 0 unspecified atom stereocenters. The van der Waals surface area contributed by atoms with Gasteiger partial charge in [0.25, 0.3) is 5.91 Å². The Bertz CT molecular complexity index is 1140.